The number of hydrogen-bond donors (Lipinski definition) is 1. The zero-order valence-electron chi connectivity index (χ0n) is 9.54. The summed E-state index contributed by atoms with van der Waals surface area (Å²) in [6, 6.07) is 14.0. The van der Waals surface area contributed by atoms with Crippen LogP contribution >= 0.6 is 8.58 Å². The van der Waals surface area contributed by atoms with Gasteiger partial charge in [0.1, 0.15) is 5.75 Å². The van der Waals surface area contributed by atoms with Crippen LogP contribution in [-0.4, -0.2) is 10.0 Å². The fourth-order valence-corrected chi connectivity index (χ4v) is 2.69. The van der Waals surface area contributed by atoms with Crippen LogP contribution in [0.2, 0.25) is 0 Å². The third kappa shape index (κ3) is 3.05. The molecule has 2 aromatic carbocycles. The largest absolute Gasteiger partial charge is 0.508 e. The second-order valence-corrected chi connectivity index (χ2v) is 5.07. The van der Waals surface area contributed by atoms with E-state index in [4.69, 9.17) is 0 Å². The van der Waals surface area contributed by atoms with Crippen molar-refractivity contribution in [2.45, 2.75) is 6.16 Å². The summed E-state index contributed by atoms with van der Waals surface area (Å²) in [5.74, 6) is 0.115. The average Bonchev–Trinajstić information content (AvgIpc) is 2.38. The molecule has 0 aliphatic carbocycles. The maximum atomic E-state index is 10.7. The molecule has 2 rings (SSSR count). The molecule has 2 aromatic rings. The summed E-state index contributed by atoms with van der Waals surface area (Å²) in [4.78, 5) is 10.2. The number of nitro benzene ring substituents is 1. The molecular formula is C13H12NO3P. The summed E-state index contributed by atoms with van der Waals surface area (Å²) in [7, 11) is 0.486. The highest BCUT2D eigenvalue weighted by molar-refractivity contribution is 7.46. The van der Waals surface area contributed by atoms with Gasteiger partial charge >= 0.3 is 0 Å². The molecule has 1 N–H and O–H groups in total. The molecule has 0 saturated heterocycles. The summed E-state index contributed by atoms with van der Waals surface area (Å²) < 4.78 is 0. The van der Waals surface area contributed by atoms with E-state index in [1.165, 1.54) is 23.5 Å². The van der Waals surface area contributed by atoms with Crippen molar-refractivity contribution in [3.63, 3.8) is 0 Å². The van der Waals surface area contributed by atoms with Gasteiger partial charge in [0.15, 0.2) is 0 Å². The highest BCUT2D eigenvalue weighted by atomic mass is 31.1. The van der Waals surface area contributed by atoms with Crippen LogP contribution in [0.3, 0.4) is 0 Å². The minimum Gasteiger partial charge on any atom is -0.508 e. The summed E-state index contributed by atoms with van der Waals surface area (Å²) in [6.45, 7) is 0. The number of phenols is 1. The van der Waals surface area contributed by atoms with Crippen LogP contribution in [0.1, 0.15) is 5.56 Å². The summed E-state index contributed by atoms with van der Waals surface area (Å²) >= 11 is 0. The fraction of sp³-hybridized carbons (Fsp3) is 0.0769. The first-order valence-electron chi connectivity index (χ1n) is 5.42. The van der Waals surface area contributed by atoms with Crippen molar-refractivity contribution in [2.75, 3.05) is 0 Å². The Bertz CT molecular complexity index is 557. The zero-order valence-corrected chi connectivity index (χ0v) is 10.5. The second-order valence-electron chi connectivity index (χ2n) is 3.79. The smallest absolute Gasteiger partial charge is 0.269 e. The van der Waals surface area contributed by atoms with Crippen molar-refractivity contribution in [3.05, 3.63) is 64.2 Å². The molecule has 0 aromatic heterocycles. The van der Waals surface area contributed by atoms with E-state index in [9.17, 15) is 15.2 Å². The molecule has 0 saturated carbocycles. The molecule has 0 heterocycles. The van der Waals surface area contributed by atoms with Gasteiger partial charge in [-0.05, 0) is 17.5 Å². The predicted molar refractivity (Wildman–Crippen MR) is 72.9 cm³/mol. The molecule has 5 heteroatoms. The van der Waals surface area contributed by atoms with Gasteiger partial charge in [0.25, 0.3) is 5.69 Å². The minimum atomic E-state index is -0.450. The van der Waals surface area contributed by atoms with E-state index in [0.29, 0.717) is 20.3 Å². The van der Waals surface area contributed by atoms with Crippen molar-refractivity contribution in [2.24, 2.45) is 0 Å². The lowest BCUT2D eigenvalue weighted by molar-refractivity contribution is -0.384. The minimum absolute atomic E-state index is 0.0145. The van der Waals surface area contributed by atoms with Gasteiger partial charge in [-0.15, -0.1) is 0 Å². The lowest BCUT2D eigenvalue weighted by Gasteiger charge is -2.05. The molecule has 18 heavy (non-hydrogen) atoms. The maximum absolute atomic E-state index is 10.7. The predicted octanol–water partition coefficient (Wildman–Crippen LogP) is 2.80. The van der Waals surface area contributed by atoms with Crippen LogP contribution in [0.5, 0.6) is 5.75 Å². The molecule has 92 valence electrons. The van der Waals surface area contributed by atoms with Crippen LogP contribution in [0.25, 0.3) is 0 Å². The van der Waals surface area contributed by atoms with Crippen LogP contribution in [-0.2, 0) is 6.16 Å². The van der Waals surface area contributed by atoms with E-state index in [0.717, 1.165) is 0 Å². The topological polar surface area (TPSA) is 63.4 Å². The number of phenolic OH excluding ortho intramolecular Hbond substituents is 1. The van der Waals surface area contributed by atoms with E-state index < -0.39 is 4.92 Å². The Morgan fingerprint density at radius 3 is 2.56 bits per heavy atom. The van der Waals surface area contributed by atoms with Gasteiger partial charge in [0.2, 0.25) is 0 Å². The molecule has 4 nitrogen and oxygen atoms in total. The monoisotopic (exact) mass is 261 g/mol. The Morgan fingerprint density at radius 1 is 1.17 bits per heavy atom. The van der Waals surface area contributed by atoms with Gasteiger partial charge in [-0.1, -0.05) is 38.9 Å². The molecule has 1 atom stereocenters. The Labute approximate surface area is 106 Å². The fourth-order valence-electron chi connectivity index (χ4n) is 1.58. The van der Waals surface area contributed by atoms with Crippen molar-refractivity contribution in [3.8, 4) is 5.75 Å². The molecule has 0 aliphatic rings. The third-order valence-electron chi connectivity index (χ3n) is 2.53. The Balaban J connectivity index is 2.14. The van der Waals surface area contributed by atoms with Gasteiger partial charge < -0.3 is 5.11 Å². The Morgan fingerprint density at radius 2 is 1.89 bits per heavy atom. The van der Waals surface area contributed by atoms with Crippen molar-refractivity contribution in [1.29, 1.82) is 0 Å². The first kappa shape index (κ1) is 12.5. The van der Waals surface area contributed by atoms with Crippen LogP contribution in [0, 0.1) is 10.1 Å². The number of nitrogens with zero attached hydrogens (tertiary/aromatic N) is 1. The van der Waals surface area contributed by atoms with Crippen LogP contribution in [0.4, 0.5) is 5.69 Å². The summed E-state index contributed by atoms with van der Waals surface area (Å²) in [5.41, 5.74) is 0.632. The standard InChI is InChI=1S/C13H12NO3P/c15-13-7-6-11(14(16)17)8-10(13)9-18-12-4-2-1-3-5-12/h1-8,15,18H,9H2. The number of aromatic hydroxyl groups is 1. The quantitative estimate of drug-likeness (QED) is 0.523. The molecular weight excluding hydrogens is 249 g/mol. The zero-order chi connectivity index (χ0) is 13.0. The number of benzene rings is 2. The first-order chi connectivity index (χ1) is 8.66. The molecule has 0 aliphatic heterocycles. The van der Waals surface area contributed by atoms with Gasteiger partial charge in [0, 0.05) is 17.7 Å². The third-order valence-corrected chi connectivity index (χ3v) is 3.83. The van der Waals surface area contributed by atoms with Gasteiger partial charge in [-0.2, -0.15) is 0 Å². The van der Waals surface area contributed by atoms with Crippen LogP contribution < -0.4 is 5.30 Å². The lowest BCUT2D eigenvalue weighted by atomic mass is 10.2. The SMILES string of the molecule is O=[N+]([O-])c1ccc(O)c(CPc2ccccc2)c1. The number of hydrogen-bond acceptors (Lipinski definition) is 3. The molecule has 0 amide bonds. The van der Waals surface area contributed by atoms with E-state index in [1.807, 2.05) is 30.3 Å². The first-order valence-corrected chi connectivity index (χ1v) is 6.63. The Hall–Kier alpha value is -1.93. The average molecular weight is 261 g/mol. The van der Waals surface area contributed by atoms with Gasteiger partial charge in [0.05, 0.1) is 4.92 Å². The molecule has 0 radical (unpaired) electrons. The number of rotatable bonds is 4. The highest BCUT2D eigenvalue weighted by Gasteiger charge is 2.10. The van der Waals surface area contributed by atoms with Gasteiger partial charge in [-0.25, -0.2) is 0 Å². The number of non-ortho nitro benzene ring substituents is 1. The molecule has 0 bridgehead atoms. The Kier molecular flexibility index (Phi) is 3.90. The molecule has 0 spiro atoms. The summed E-state index contributed by atoms with van der Waals surface area (Å²) in [6.07, 6.45) is 0.609. The summed E-state index contributed by atoms with van der Waals surface area (Å²) in [5, 5.41) is 21.5. The van der Waals surface area contributed by atoms with E-state index >= 15 is 0 Å². The normalized spacial score (nSPS) is 10.9. The molecule has 1 unspecified atom stereocenters. The maximum Gasteiger partial charge on any atom is 0.269 e. The van der Waals surface area contributed by atoms with Crippen molar-refractivity contribution < 1.29 is 10.0 Å². The van der Waals surface area contributed by atoms with Crippen molar-refractivity contribution in [1.82, 2.24) is 0 Å². The number of nitro groups is 1. The van der Waals surface area contributed by atoms with Gasteiger partial charge in [-0.3, -0.25) is 10.1 Å². The van der Waals surface area contributed by atoms with Crippen LogP contribution in [0.15, 0.2) is 48.5 Å². The van der Waals surface area contributed by atoms with E-state index in [-0.39, 0.29) is 11.4 Å². The lowest BCUT2D eigenvalue weighted by Crippen LogP contribution is -1.94. The van der Waals surface area contributed by atoms with E-state index in [2.05, 4.69) is 0 Å². The highest BCUT2D eigenvalue weighted by Crippen LogP contribution is 2.28. The van der Waals surface area contributed by atoms with E-state index in [1.54, 1.807) is 0 Å². The second kappa shape index (κ2) is 5.61. The van der Waals surface area contributed by atoms with Crippen molar-refractivity contribution >= 4 is 19.6 Å². The molecule has 0 fully saturated rings.